The average Bonchev–Trinajstić information content (AvgIpc) is 2.99. The molecule has 2 N–H and O–H groups in total. The minimum Gasteiger partial charge on any atom is -0.508 e. The maximum atomic E-state index is 14.1. The van der Waals surface area contributed by atoms with Crippen LogP contribution < -0.4 is 5.32 Å². The number of nitrogens with zero attached hydrogens (tertiary/aromatic N) is 2. The quantitative estimate of drug-likeness (QED) is 0.761. The fraction of sp³-hybridized carbons (Fsp3) is 0.111. The fourth-order valence-corrected chi connectivity index (χ4v) is 3.02. The van der Waals surface area contributed by atoms with Crippen LogP contribution in [0.4, 0.5) is 10.2 Å². The zero-order valence-electron chi connectivity index (χ0n) is 12.6. The number of amides is 1. The van der Waals surface area contributed by atoms with E-state index in [4.69, 9.17) is 0 Å². The third-order valence-electron chi connectivity index (χ3n) is 4.18. The number of anilines is 1. The number of para-hydroxylation sites is 1. The molecule has 0 fully saturated rings. The minimum absolute atomic E-state index is 0.154. The second-order valence-electron chi connectivity index (χ2n) is 5.70. The molecule has 1 aromatic heterocycles. The van der Waals surface area contributed by atoms with E-state index < -0.39 is 5.82 Å². The predicted octanol–water partition coefficient (Wildman–Crippen LogP) is 3.19. The van der Waals surface area contributed by atoms with Crippen molar-refractivity contribution >= 4 is 11.7 Å². The molecule has 3 aromatic rings. The molecule has 6 heteroatoms. The number of aromatic nitrogens is 2. The molecule has 0 saturated heterocycles. The Kier molecular flexibility index (Phi) is 3.30. The van der Waals surface area contributed by atoms with Crippen LogP contribution >= 0.6 is 0 Å². The maximum absolute atomic E-state index is 14.1. The number of carbonyl (C=O) groups is 1. The first-order valence-corrected chi connectivity index (χ1v) is 7.54. The molecule has 0 radical (unpaired) electrons. The van der Waals surface area contributed by atoms with Gasteiger partial charge in [0, 0.05) is 12.3 Å². The lowest BCUT2D eigenvalue weighted by atomic mass is 9.90. The summed E-state index contributed by atoms with van der Waals surface area (Å²) in [6.45, 7) is 0. The third-order valence-corrected chi connectivity index (χ3v) is 4.18. The number of phenols is 1. The second kappa shape index (κ2) is 5.49. The van der Waals surface area contributed by atoms with Crippen LogP contribution in [0, 0.1) is 5.82 Å². The number of carbonyl (C=O) groups excluding carboxylic acids is 1. The van der Waals surface area contributed by atoms with E-state index in [1.54, 1.807) is 47.0 Å². The van der Waals surface area contributed by atoms with E-state index in [1.807, 2.05) is 0 Å². The van der Waals surface area contributed by atoms with Crippen molar-refractivity contribution in [3.8, 4) is 11.4 Å². The Morgan fingerprint density at radius 1 is 1.17 bits per heavy atom. The first-order chi connectivity index (χ1) is 11.6. The van der Waals surface area contributed by atoms with E-state index in [2.05, 4.69) is 10.3 Å². The first-order valence-electron chi connectivity index (χ1n) is 7.54. The van der Waals surface area contributed by atoms with Gasteiger partial charge in [0.1, 0.15) is 23.7 Å². The Morgan fingerprint density at radius 2 is 1.92 bits per heavy atom. The monoisotopic (exact) mass is 323 g/mol. The first kappa shape index (κ1) is 14.4. The van der Waals surface area contributed by atoms with Gasteiger partial charge in [-0.3, -0.25) is 9.36 Å². The average molecular weight is 323 g/mol. The largest absolute Gasteiger partial charge is 0.508 e. The number of imidazole rings is 1. The lowest BCUT2D eigenvalue weighted by Crippen LogP contribution is -2.25. The molecule has 0 saturated carbocycles. The molecule has 24 heavy (non-hydrogen) atoms. The molecule has 2 aromatic carbocycles. The minimum atomic E-state index is -0.390. The normalized spacial score (nSPS) is 16.5. The van der Waals surface area contributed by atoms with Crippen molar-refractivity contribution in [3.63, 3.8) is 0 Å². The topological polar surface area (TPSA) is 67.1 Å². The predicted molar refractivity (Wildman–Crippen MR) is 86.7 cm³/mol. The molecule has 1 amide bonds. The van der Waals surface area contributed by atoms with E-state index in [0.29, 0.717) is 17.2 Å². The smallest absolute Gasteiger partial charge is 0.226 e. The Morgan fingerprint density at radius 3 is 2.67 bits per heavy atom. The highest BCUT2D eigenvalue weighted by Gasteiger charge is 2.31. The van der Waals surface area contributed by atoms with Gasteiger partial charge in [-0.2, -0.15) is 0 Å². The van der Waals surface area contributed by atoms with Crippen LogP contribution in [-0.4, -0.2) is 20.6 Å². The van der Waals surface area contributed by atoms with Crippen molar-refractivity contribution in [1.82, 2.24) is 9.55 Å². The highest BCUT2D eigenvalue weighted by molar-refractivity contribution is 5.94. The summed E-state index contributed by atoms with van der Waals surface area (Å²) in [6, 6.07) is 13.0. The molecule has 2 heterocycles. The van der Waals surface area contributed by atoms with Crippen molar-refractivity contribution in [2.45, 2.75) is 12.3 Å². The molecule has 0 bridgehead atoms. The van der Waals surface area contributed by atoms with Crippen molar-refractivity contribution in [2.75, 3.05) is 5.32 Å². The number of rotatable bonds is 2. The number of phenolic OH excluding ortho intramolecular Hbond substituents is 1. The van der Waals surface area contributed by atoms with E-state index in [9.17, 15) is 14.3 Å². The molecular weight excluding hydrogens is 309 g/mol. The Bertz CT molecular complexity index is 918. The van der Waals surface area contributed by atoms with Gasteiger partial charge < -0.3 is 10.4 Å². The van der Waals surface area contributed by atoms with Gasteiger partial charge in [0.15, 0.2) is 0 Å². The number of hydrogen-bond donors (Lipinski definition) is 2. The van der Waals surface area contributed by atoms with Crippen molar-refractivity contribution < 1.29 is 14.3 Å². The van der Waals surface area contributed by atoms with Crippen LogP contribution in [0.25, 0.3) is 5.69 Å². The molecule has 0 unspecified atom stereocenters. The van der Waals surface area contributed by atoms with Gasteiger partial charge in [-0.25, -0.2) is 9.37 Å². The highest BCUT2D eigenvalue weighted by Crippen LogP contribution is 2.37. The summed E-state index contributed by atoms with van der Waals surface area (Å²) in [6.07, 6.45) is 1.77. The van der Waals surface area contributed by atoms with Crippen LogP contribution in [0.5, 0.6) is 5.75 Å². The zero-order chi connectivity index (χ0) is 16.7. The molecule has 1 atom stereocenters. The van der Waals surface area contributed by atoms with E-state index in [0.717, 1.165) is 5.56 Å². The summed E-state index contributed by atoms with van der Waals surface area (Å²) < 4.78 is 15.6. The van der Waals surface area contributed by atoms with E-state index in [-0.39, 0.29) is 24.0 Å². The lowest BCUT2D eigenvalue weighted by molar-refractivity contribution is -0.116. The molecule has 1 aliphatic heterocycles. The van der Waals surface area contributed by atoms with Crippen molar-refractivity contribution in [1.29, 1.82) is 0 Å². The van der Waals surface area contributed by atoms with Gasteiger partial charge in [0.25, 0.3) is 0 Å². The Hall–Kier alpha value is -3.15. The van der Waals surface area contributed by atoms with Crippen LogP contribution in [0.2, 0.25) is 0 Å². The van der Waals surface area contributed by atoms with Crippen LogP contribution in [0.15, 0.2) is 54.9 Å². The third kappa shape index (κ3) is 2.32. The number of nitrogens with one attached hydrogen (secondary N) is 1. The van der Waals surface area contributed by atoms with Crippen LogP contribution in [-0.2, 0) is 4.79 Å². The number of hydrogen-bond acceptors (Lipinski definition) is 3. The number of fused-ring (bicyclic) bond motifs is 1. The summed E-state index contributed by atoms with van der Waals surface area (Å²) in [7, 11) is 0. The number of benzene rings is 2. The lowest BCUT2D eigenvalue weighted by Gasteiger charge is -2.23. The van der Waals surface area contributed by atoms with Crippen LogP contribution in [0.3, 0.4) is 0 Å². The van der Waals surface area contributed by atoms with Crippen LogP contribution in [0.1, 0.15) is 23.6 Å². The molecule has 5 nitrogen and oxygen atoms in total. The van der Waals surface area contributed by atoms with Gasteiger partial charge in [-0.1, -0.05) is 24.3 Å². The Labute approximate surface area is 137 Å². The van der Waals surface area contributed by atoms with Gasteiger partial charge >= 0.3 is 0 Å². The van der Waals surface area contributed by atoms with E-state index >= 15 is 0 Å². The molecule has 0 aliphatic carbocycles. The number of halogens is 1. The van der Waals surface area contributed by atoms with Gasteiger partial charge in [0.05, 0.1) is 11.4 Å². The summed E-state index contributed by atoms with van der Waals surface area (Å²) in [5, 5.41) is 12.2. The summed E-state index contributed by atoms with van der Waals surface area (Å²) in [4.78, 5) is 16.6. The number of aromatic hydroxyl groups is 1. The second-order valence-corrected chi connectivity index (χ2v) is 5.70. The SMILES string of the molecule is O=C1C[C@@H](c2ccc(O)cc2)c2ncn(-c3ccccc3F)c2N1. The summed E-state index contributed by atoms with van der Waals surface area (Å²) in [5.74, 6) is -0.134. The van der Waals surface area contributed by atoms with Crippen molar-refractivity contribution in [2.24, 2.45) is 0 Å². The Balaban J connectivity index is 1.83. The molecule has 1 aliphatic rings. The molecule has 4 rings (SSSR count). The molecule has 120 valence electrons. The standard InChI is InChI=1S/C18H14FN3O2/c19-14-3-1-2-4-15(14)22-10-20-17-13(9-16(24)21-18(17)22)11-5-7-12(23)8-6-11/h1-8,10,13,23H,9H2,(H,21,24)/t13-/m0/s1. The van der Waals surface area contributed by atoms with E-state index in [1.165, 1.54) is 12.4 Å². The molecular formula is C18H14FN3O2. The van der Waals surface area contributed by atoms with Crippen molar-refractivity contribution in [3.05, 3.63) is 71.9 Å². The maximum Gasteiger partial charge on any atom is 0.226 e. The van der Waals surface area contributed by atoms with Gasteiger partial charge in [-0.15, -0.1) is 0 Å². The van der Waals surface area contributed by atoms with Gasteiger partial charge in [-0.05, 0) is 29.8 Å². The van der Waals surface area contributed by atoms with Gasteiger partial charge in [0.2, 0.25) is 5.91 Å². The highest BCUT2D eigenvalue weighted by atomic mass is 19.1. The fourth-order valence-electron chi connectivity index (χ4n) is 3.02. The molecule has 0 spiro atoms. The summed E-state index contributed by atoms with van der Waals surface area (Å²) in [5.41, 5.74) is 1.89. The zero-order valence-corrected chi connectivity index (χ0v) is 12.6. The summed E-state index contributed by atoms with van der Waals surface area (Å²) >= 11 is 0.